The van der Waals surface area contributed by atoms with Crippen LogP contribution >= 0.6 is 11.3 Å². The van der Waals surface area contributed by atoms with Gasteiger partial charge in [0.05, 0.1) is 0 Å². The van der Waals surface area contributed by atoms with Crippen molar-refractivity contribution in [2.75, 3.05) is 36.0 Å². The number of piperazine rings is 1. The predicted octanol–water partition coefficient (Wildman–Crippen LogP) is 0.342. The fourth-order valence-electron chi connectivity index (χ4n) is 2.23. The summed E-state index contributed by atoms with van der Waals surface area (Å²) in [7, 11) is 0. The van der Waals surface area contributed by atoms with Crippen LogP contribution in [0.25, 0.3) is 0 Å². The average molecular weight is 296 g/mol. The maximum absolute atomic E-state index is 4.37. The van der Waals surface area contributed by atoms with Gasteiger partial charge in [-0.1, -0.05) is 0 Å². The van der Waals surface area contributed by atoms with Crippen LogP contribution in [0, 0.1) is 0 Å². The smallest absolute Gasteiger partial charge is 0.185 e. The van der Waals surface area contributed by atoms with Crippen molar-refractivity contribution in [2.45, 2.75) is 0 Å². The molecule has 1 fully saturated rings. The summed E-state index contributed by atoms with van der Waals surface area (Å²) in [6.45, 7) is 4.19. The van der Waals surface area contributed by atoms with E-state index in [1.807, 2.05) is 11.6 Å². The maximum atomic E-state index is 4.37. The highest BCUT2D eigenvalue weighted by atomic mass is 32.1. The first kappa shape index (κ1) is 16.4. The number of thiazole rings is 1. The van der Waals surface area contributed by atoms with Gasteiger partial charge in [-0.3, -0.25) is 0 Å². The molecular formula is C13H20N4O2S. The second-order valence-electron chi connectivity index (χ2n) is 4.46. The molecule has 0 amide bonds. The summed E-state index contributed by atoms with van der Waals surface area (Å²) >= 11 is 1.72. The van der Waals surface area contributed by atoms with Gasteiger partial charge in [0.25, 0.3) is 0 Å². The summed E-state index contributed by atoms with van der Waals surface area (Å²) < 4.78 is 0. The first-order valence-electron chi connectivity index (χ1n) is 6.14. The lowest BCUT2D eigenvalue weighted by atomic mass is 10.2. The van der Waals surface area contributed by atoms with Crippen molar-refractivity contribution in [3.05, 3.63) is 35.8 Å². The molecular weight excluding hydrogens is 276 g/mol. The summed E-state index contributed by atoms with van der Waals surface area (Å²) in [5, 5.41) is 3.18. The molecule has 6 N–H and O–H groups in total. The Kier molecular flexibility index (Phi) is 5.90. The number of aromatic nitrogens is 1. The third-order valence-electron chi connectivity index (χ3n) is 3.27. The molecule has 110 valence electrons. The standard InChI is InChI=1S/C13H16N4S.2H2O/c14-11-1-3-12(4-2-11)16-6-8-17(9-7-16)13-15-5-10-18-13;;/h1-5,10H,6-9,14H2;2*1H2. The van der Waals surface area contributed by atoms with Crippen LogP contribution in [-0.2, 0) is 0 Å². The monoisotopic (exact) mass is 296 g/mol. The quantitative estimate of drug-likeness (QED) is 0.861. The van der Waals surface area contributed by atoms with Crippen molar-refractivity contribution in [3.63, 3.8) is 0 Å². The number of nitrogens with zero attached hydrogens (tertiary/aromatic N) is 3. The molecule has 0 aliphatic carbocycles. The van der Waals surface area contributed by atoms with Gasteiger partial charge >= 0.3 is 0 Å². The zero-order valence-corrected chi connectivity index (χ0v) is 12.0. The van der Waals surface area contributed by atoms with E-state index in [0.29, 0.717) is 0 Å². The lowest BCUT2D eigenvalue weighted by molar-refractivity contribution is -0.254. The summed E-state index contributed by atoms with van der Waals surface area (Å²) in [6.07, 6.45) is 1.87. The highest BCUT2D eigenvalue weighted by molar-refractivity contribution is 7.13. The molecule has 1 aliphatic rings. The van der Waals surface area contributed by atoms with Crippen molar-refractivity contribution in [1.82, 2.24) is 4.98 Å². The molecule has 1 aliphatic heterocycles. The van der Waals surface area contributed by atoms with E-state index in [1.165, 1.54) is 5.69 Å². The number of quaternary nitrogens is 1. The second kappa shape index (κ2) is 7.20. The molecule has 0 bridgehead atoms. The predicted molar refractivity (Wildman–Crippen MR) is 81.1 cm³/mol. The minimum absolute atomic E-state index is 0. The van der Waals surface area contributed by atoms with Gasteiger partial charge in [-0.15, -0.1) is 11.3 Å². The number of rotatable bonds is 2. The molecule has 2 heterocycles. The van der Waals surface area contributed by atoms with E-state index in [0.717, 1.165) is 37.0 Å². The molecule has 7 heteroatoms. The number of hydrogen-bond donors (Lipinski definition) is 1. The third-order valence-corrected chi connectivity index (χ3v) is 4.10. The lowest BCUT2D eigenvalue weighted by Crippen LogP contribution is -2.46. The Balaban J connectivity index is 0.000001000. The van der Waals surface area contributed by atoms with Gasteiger partial charge in [0.15, 0.2) is 5.13 Å². The zero-order chi connectivity index (χ0) is 12.4. The Bertz CT molecular complexity index is 496. The summed E-state index contributed by atoms with van der Waals surface area (Å²) in [4.78, 5) is 9.15. The van der Waals surface area contributed by atoms with Crippen molar-refractivity contribution in [3.8, 4) is 0 Å². The van der Waals surface area contributed by atoms with Crippen LogP contribution in [0.5, 0.6) is 0 Å². The Labute approximate surface area is 122 Å². The fraction of sp³-hybridized carbons (Fsp3) is 0.308. The van der Waals surface area contributed by atoms with Gasteiger partial charge in [-0.05, 0) is 12.1 Å². The molecule has 0 radical (unpaired) electrons. The fourth-order valence-corrected chi connectivity index (χ4v) is 2.93. The van der Waals surface area contributed by atoms with E-state index in [-0.39, 0.29) is 11.0 Å². The van der Waals surface area contributed by atoms with Gasteiger partial charge in [-0.2, -0.15) is 0 Å². The molecule has 6 nitrogen and oxygen atoms in total. The van der Waals surface area contributed by atoms with Crippen LogP contribution < -0.4 is 15.5 Å². The van der Waals surface area contributed by atoms with Gasteiger partial charge < -0.3 is 26.5 Å². The molecule has 0 spiro atoms. The van der Waals surface area contributed by atoms with Crippen molar-refractivity contribution in [2.24, 2.45) is 0 Å². The van der Waals surface area contributed by atoms with Crippen molar-refractivity contribution < 1.29 is 16.7 Å². The van der Waals surface area contributed by atoms with Crippen LogP contribution in [-0.4, -0.2) is 42.1 Å². The van der Waals surface area contributed by atoms with Crippen LogP contribution in [0.15, 0.2) is 35.8 Å². The Morgan fingerprint density at radius 1 is 1.00 bits per heavy atom. The summed E-state index contributed by atoms with van der Waals surface area (Å²) in [5.74, 6) is 0. The van der Waals surface area contributed by atoms with E-state index in [2.05, 4.69) is 44.8 Å². The van der Waals surface area contributed by atoms with Crippen LogP contribution in [0.1, 0.15) is 0 Å². The number of hydrogen-bond acceptors (Lipinski definition) is 5. The zero-order valence-electron chi connectivity index (χ0n) is 11.2. The van der Waals surface area contributed by atoms with Gasteiger partial charge in [0.2, 0.25) is 0 Å². The van der Waals surface area contributed by atoms with E-state index in [4.69, 9.17) is 0 Å². The molecule has 20 heavy (non-hydrogen) atoms. The van der Waals surface area contributed by atoms with Crippen LogP contribution in [0.4, 0.5) is 16.5 Å². The second-order valence-corrected chi connectivity index (χ2v) is 5.33. The minimum Gasteiger partial charge on any atom is -0.870 e. The minimum atomic E-state index is 0. The van der Waals surface area contributed by atoms with E-state index >= 15 is 0 Å². The Hall–Kier alpha value is -1.67. The highest BCUT2D eigenvalue weighted by Crippen LogP contribution is 2.22. The molecule has 1 aromatic heterocycles. The molecule has 3 rings (SSSR count). The highest BCUT2D eigenvalue weighted by Gasteiger charge is 2.18. The van der Waals surface area contributed by atoms with E-state index < -0.39 is 0 Å². The topological polar surface area (TPSA) is 109 Å². The molecule has 1 saturated heterocycles. The first-order chi connectivity index (χ1) is 8.83. The summed E-state index contributed by atoms with van der Waals surface area (Å²) in [6, 6.07) is 8.45. The third kappa shape index (κ3) is 3.45. The van der Waals surface area contributed by atoms with Crippen molar-refractivity contribution in [1.29, 1.82) is 0 Å². The maximum Gasteiger partial charge on any atom is 0.185 e. The largest absolute Gasteiger partial charge is 0.870 e. The molecule has 1 aromatic carbocycles. The average Bonchev–Trinajstić information content (AvgIpc) is 2.94. The Morgan fingerprint density at radius 3 is 2.15 bits per heavy atom. The first-order valence-corrected chi connectivity index (χ1v) is 7.02. The van der Waals surface area contributed by atoms with E-state index in [1.54, 1.807) is 11.3 Å². The molecule has 2 aromatic rings. The van der Waals surface area contributed by atoms with Gasteiger partial charge in [0, 0.05) is 55.6 Å². The van der Waals surface area contributed by atoms with Crippen molar-refractivity contribution >= 4 is 27.8 Å². The number of anilines is 2. The van der Waals surface area contributed by atoms with Crippen LogP contribution in [0.3, 0.4) is 0 Å². The molecule has 0 saturated carbocycles. The van der Waals surface area contributed by atoms with Gasteiger partial charge in [-0.25, -0.2) is 4.98 Å². The molecule has 0 unspecified atom stereocenters. The van der Waals surface area contributed by atoms with Gasteiger partial charge in [0.1, 0.15) is 5.69 Å². The molecule has 0 atom stereocenters. The lowest BCUT2D eigenvalue weighted by Gasteiger charge is -2.35. The normalized spacial score (nSPS) is 14.4. The SMILES string of the molecule is O.[NH3+]c1ccc(N2CCN(c3nccs3)CC2)cc1.[OH-]. The van der Waals surface area contributed by atoms with E-state index in [9.17, 15) is 0 Å². The van der Waals surface area contributed by atoms with Crippen LogP contribution in [0.2, 0.25) is 0 Å². The Morgan fingerprint density at radius 2 is 1.60 bits per heavy atom. The summed E-state index contributed by atoms with van der Waals surface area (Å²) in [5.41, 5.74) is 6.28. The number of benzene rings is 1.